The van der Waals surface area contributed by atoms with Gasteiger partial charge in [-0.1, -0.05) is 19.1 Å². The third-order valence-electron chi connectivity index (χ3n) is 2.48. The third-order valence-corrected chi connectivity index (χ3v) is 3.85. The molecule has 0 amide bonds. The Hall–Kier alpha value is -1.34. The molecule has 2 unspecified atom stereocenters. The van der Waals surface area contributed by atoms with Crippen LogP contribution in [0.2, 0.25) is 0 Å². The molecule has 0 heterocycles. The molecule has 0 aromatic heterocycles. The summed E-state index contributed by atoms with van der Waals surface area (Å²) in [5, 5.41) is 12.3. The van der Waals surface area contributed by atoms with Gasteiger partial charge in [0.1, 0.15) is 6.07 Å². The summed E-state index contributed by atoms with van der Waals surface area (Å²) in [6.45, 7) is 2.70. The summed E-state index contributed by atoms with van der Waals surface area (Å²) in [5.74, 6) is 0. The van der Waals surface area contributed by atoms with Crippen LogP contribution in [0.3, 0.4) is 0 Å². The van der Waals surface area contributed by atoms with Gasteiger partial charge in [0.05, 0.1) is 11.3 Å². The van der Waals surface area contributed by atoms with Gasteiger partial charge in [0.2, 0.25) is 0 Å². The van der Waals surface area contributed by atoms with Crippen LogP contribution < -0.4 is 5.32 Å². The zero-order valence-electron chi connectivity index (χ0n) is 9.56. The first-order valence-corrected chi connectivity index (χ1v) is 6.82. The second-order valence-corrected chi connectivity index (χ2v) is 5.48. The highest BCUT2D eigenvalue weighted by atomic mass is 32.2. The molecule has 0 fully saturated rings. The van der Waals surface area contributed by atoms with E-state index >= 15 is 0 Å². The third kappa shape index (κ3) is 3.67. The zero-order valence-corrected chi connectivity index (χ0v) is 10.4. The zero-order chi connectivity index (χ0) is 12.0. The SMILES string of the molecule is CC(CCNc1ccccc1C#N)S(C)=O. The highest BCUT2D eigenvalue weighted by Crippen LogP contribution is 2.13. The number of nitrogens with zero attached hydrogens (tertiary/aromatic N) is 1. The number of rotatable bonds is 5. The van der Waals surface area contributed by atoms with Crippen LogP contribution in [0.4, 0.5) is 5.69 Å². The summed E-state index contributed by atoms with van der Waals surface area (Å²) in [6.07, 6.45) is 2.55. The van der Waals surface area contributed by atoms with Crippen molar-refractivity contribution in [3.05, 3.63) is 29.8 Å². The summed E-state index contributed by atoms with van der Waals surface area (Å²) in [4.78, 5) is 0. The van der Waals surface area contributed by atoms with E-state index in [-0.39, 0.29) is 5.25 Å². The number of anilines is 1. The fourth-order valence-electron chi connectivity index (χ4n) is 1.31. The van der Waals surface area contributed by atoms with Crippen molar-refractivity contribution in [1.29, 1.82) is 5.26 Å². The van der Waals surface area contributed by atoms with E-state index < -0.39 is 10.8 Å². The smallest absolute Gasteiger partial charge is 0.101 e. The lowest BCUT2D eigenvalue weighted by Crippen LogP contribution is -2.15. The summed E-state index contributed by atoms with van der Waals surface area (Å²) < 4.78 is 11.1. The first kappa shape index (κ1) is 12.7. The van der Waals surface area contributed by atoms with Gasteiger partial charge in [0.15, 0.2) is 0 Å². The van der Waals surface area contributed by atoms with E-state index in [0.717, 1.165) is 18.7 Å². The van der Waals surface area contributed by atoms with Crippen molar-refractivity contribution >= 4 is 16.5 Å². The normalized spacial score (nSPS) is 13.8. The van der Waals surface area contributed by atoms with Crippen molar-refractivity contribution in [2.45, 2.75) is 18.6 Å². The molecule has 0 saturated carbocycles. The minimum Gasteiger partial charge on any atom is -0.384 e. The van der Waals surface area contributed by atoms with E-state index in [4.69, 9.17) is 5.26 Å². The van der Waals surface area contributed by atoms with E-state index in [9.17, 15) is 4.21 Å². The molecule has 86 valence electrons. The number of para-hydroxylation sites is 1. The number of nitriles is 1. The van der Waals surface area contributed by atoms with Gasteiger partial charge in [-0.15, -0.1) is 0 Å². The van der Waals surface area contributed by atoms with Crippen LogP contribution >= 0.6 is 0 Å². The van der Waals surface area contributed by atoms with Crippen LogP contribution in [0, 0.1) is 11.3 Å². The van der Waals surface area contributed by atoms with Gasteiger partial charge >= 0.3 is 0 Å². The highest BCUT2D eigenvalue weighted by molar-refractivity contribution is 7.84. The topological polar surface area (TPSA) is 52.9 Å². The molecule has 1 N–H and O–H groups in total. The van der Waals surface area contributed by atoms with Crippen molar-refractivity contribution in [2.24, 2.45) is 0 Å². The first-order chi connectivity index (χ1) is 7.65. The fourth-order valence-corrected chi connectivity index (χ4v) is 1.76. The number of hydrogen-bond acceptors (Lipinski definition) is 3. The van der Waals surface area contributed by atoms with Gasteiger partial charge < -0.3 is 5.32 Å². The van der Waals surface area contributed by atoms with Gasteiger partial charge in [-0.3, -0.25) is 4.21 Å². The van der Waals surface area contributed by atoms with E-state index in [1.165, 1.54) is 0 Å². The Morgan fingerprint density at radius 2 is 2.19 bits per heavy atom. The van der Waals surface area contributed by atoms with Crippen LogP contribution in [0.5, 0.6) is 0 Å². The molecule has 4 heteroatoms. The molecule has 16 heavy (non-hydrogen) atoms. The van der Waals surface area contributed by atoms with Gasteiger partial charge in [0.25, 0.3) is 0 Å². The number of hydrogen-bond donors (Lipinski definition) is 1. The van der Waals surface area contributed by atoms with Crippen LogP contribution in [0.1, 0.15) is 18.9 Å². The van der Waals surface area contributed by atoms with E-state index in [2.05, 4.69) is 11.4 Å². The fraction of sp³-hybridized carbons (Fsp3) is 0.417. The predicted molar refractivity (Wildman–Crippen MR) is 67.8 cm³/mol. The van der Waals surface area contributed by atoms with Crippen LogP contribution in [0.25, 0.3) is 0 Å². The standard InChI is InChI=1S/C12H16N2OS/c1-10(16(2)15)7-8-14-12-6-4-3-5-11(12)9-13/h3-6,10,14H,7-8H2,1-2H3. The maximum Gasteiger partial charge on any atom is 0.101 e. The van der Waals surface area contributed by atoms with Gasteiger partial charge in [-0.2, -0.15) is 5.26 Å². The van der Waals surface area contributed by atoms with Crippen LogP contribution in [-0.2, 0) is 10.8 Å². The molecule has 0 aliphatic carbocycles. The maximum atomic E-state index is 11.1. The number of benzene rings is 1. The molecule has 1 rings (SSSR count). The van der Waals surface area contributed by atoms with E-state index in [1.807, 2.05) is 25.1 Å². The highest BCUT2D eigenvalue weighted by Gasteiger charge is 2.06. The molecule has 0 aliphatic heterocycles. The van der Waals surface area contributed by atoms with Gasteiger partial charge in [-0.25, -0.2) is 0 Å². The van der Waals surface area contributed by atoms with Crippen molar-refractivity contribution < 1.29 is 4.21 Å². The van der Waals surface area contributed by atoms with Crippen molar-refractivity contribution in [3.63, 3.8) is 0 Å². The molecule has 1 aromatic carbocycles. The molecule has 0 radical (unpaired) electrons. The Morgan fingerprint density at radius 3 is 2.81 bits per heavy atom. The Kier molecular flexibility index (Phi) is 5.00. The molecule has 0 bridgehead atoms. The van der Waals surface area contributed by atoms with Gasteiger partial charge in [0, 0.05) is 28.9 Å². The van der Waals surface area contributed by atoms with Crippen molar-refractivity contribution in [2.75, 3.05) is 18.1 Å². The number of nitrogens with one attached hydrogen (secondary N) is 1. The summed E-state index contributed by atoms with van der Waals surface area (Å²) in [5.41, 5.74) is 1.49. The quantitative estimate of drug-likeness (QED) is 0.852. The summed E-state index contributed by atoms with van der Waals surface area (Å²) >= 11 is 0. The lowest BCUT2D eigenvalue weighted by atomic mass is 10.2. The average molecular weight is 236 g/mol. The largest absolute Gasteiger partial charge is 0.384 e. The molecule has 1 aromatic rings. The molecular weight excluding hydrogens is 220 g/mol. The van der Waals surface area contributed by atoms with E-state index in [0.29, 0.717) is 5.56 Å². The Bertz CT molecular complexity index is 412. The molecule has 0 saturated heterocycles. The molecule has 3 nitrogen and oxygen atoms in total. The Morgan fingerprint density at radius 1 is 1.50 bits per heavy atom. The maximum absolute atomic E-state index is 11.1. The van der Waals surface area contributed by atoms with Crippen LogP contribution in [-0.4, -0.2) is 22.3 Å². The molecule has 0 spiro atoms. The molecule has 0 aliphatic rings. The molecule has 2 atom stereocenters. The second kappa shape index (κ2) is 6.29. The average Bonchev–Trinajstić information content (AvgIpc) is 2.29. The lowest BCUT2D eigenvalue weighted by Gasteiger charge is -2.10. The lowest BCUT2D eigenvalue weighted by molar-refractivity contribution is 0.672. The van der Waals surface area contributed by atoms with Crippen molar-refractivity contribution in [3.8, 4) is 6.07 Å². The van der Waals surface area contributed by atoms with Crippen molar-refractivity contribution in [1.82, 2.24) is 0 Å². The monoisotopic (exact) mass is 236 g/mol. The molecular formula is C12H16N2OS. The summed E-state index contributed by atoms with van der Waals surface area (Å²) in [6, 6.07) is 9.53. The predicted octanol–water partition coefficient (Wildman–Crippen LogP) is 2.13. The van der Waals surface area contributed by atoms with Crippen LogP contribution in [0.15, 0.2) is 24.3 Å². The Balaban J connectivity index is 2.49. The van der Waals surface area contributed by atoms with Gasteiger partial charge in [-0.05, 0) is 18.6 Å². The summed E-state index contributed by atoms with van der Waals surface area (Å²) in [7, 11) is -0.780. The Labute approximate surface area is 98.9 Å². The minimum absolute atomic E-state index is 0.182. The first-order valence-electron chi connectivity index (χ1n) is 5.20. The second-order valence-electron chi connectivity index (χ2n) is 3.68. The van der Waals surface area contributed by atoms with E-state index in [1.54, 1.807) is 12.3 Å². The minimum atomic E-state index is -0.780.